The molecule has 4 heteroatoms. The number of rotatable bonds is 5. The fourth-order valence-electron chi connectivity index (χ4n) is 2.22. The summed E-state index contributed by atoms with van der Waals surface area (Å²) in [6.45, 7) is 2.20. The van der Waals surface area contributed by atoms with Gasteiger partial charge in [-0.15, -0.1) is 5.10 Å². The fraction of sp³-hybridized carbons (Fsp3) is 0.818. The first-order valence-corrected chi connectivity index (χ1v) is 6.62. The quantitative estimate of drug-likeness (QED) is 0.837. The lowest BCUT2D eigenvalue weighted by atomic mass is 9.79. The van der Waals surface area contributed by atoms with E-state index in [4.69, 9.17) is 0 Å². The highest BCUT2D eigenvalue weighted by atomic mass is 32.1. The van der Waals surface area contributed by atoms with Gasteiger partial charge in [0.25, 0.3) is 0 Å². The minimum absolute atomic E-state index is 0.500. The van der Waals surface area contributed by atoms with Gasteiger partial charge in [-0.1, -0.05) is 24.3 Å². The molecule has 0 saturated heterocycles. The van der Waals surface area contributed by atoms with Crippen LogP contribution in [0.15, 0.2) is 0 Å². The molecule has 0 amide bonds. The molecule has 0 spiro atoms. The first kappa shape index (κ1) is 11.0. The van der Waals surface area contributed by atoms with Crippen LogP contribution in [0.2, 0.25) is 0 Å². The van der Waals surface area contributed by atoms with Crippen LogP contribution < -0.4 is 5.32 Å². The van der Waals surface area contributed by atoms with E-state index in [1.54, 1.807) is 11.5 Å². The van der Waals surface area contributed by atoms with Crippen LogP contribution in [0.5, 0.6) is 0 Å². The normalized spacial score (nSPS) is 18.8. The van der Waals surface area contributed by atoms with E-state index in [0.29, 0.717) is 6.04 Å². The molecule has 0 radical (unpaired) electrons. The van der Waals surface area contributed by atoms with Crippen LogP contribution in [-0.4, -0.2) is 16.6 Å². The minimum Gasteiger partial charge on any atom is -0.312 e. The summed E-state index contributed by atoms with van der Waals surface area (Å²) in [5, 5.41) is 7.68. The van der Waals surface area contributed by atoms with Crippen molar-refractivity contribution in [3.05, 3.63) is 10.6 Å². The highest BCUT2D eigenvalue weighted by Gasteiger charge is 2.30. The maximum Gasteiger partial charge on any atom is 0.0803 e. The van der Waals surface area contributed by atoms with Crippen molar-refractivity contribution in [2.75, 3.05) is 7.05 Å². The van der Waals surface area contributed by atoms with Gasteiger partial charge in [-0.2, -0.15) is 0 Å². The molecule has 1 unspecified atom stereocenters. The molecule has 3 nitrogen and oxygen atoms in total. The summed E-state index contributed by atoms with van der Waals surface area (Å²) in [5.74, 6) is 0.813. The Kier molecular flexibility index (Phi) is 3.70. The Morgan fingerprint density at radius 1 is 1.53 bits per heavy atom. The second-order valence-corrected chi connectivity index (χ2v) is 5.08. The van der Waals surface area contributed by atoms with E-state index in [-0.39, 0.29) is 0 Å². The highest BCUT2D eigenvalue weighted by molar-refractivity contribution is 7.05. The third kappa shape index (κ3) is 2.21. The first-order valence-electron chi connectivity index (χ1n) is 5.85. The van der Waals surface area contributed by atoms with Gasteiger partial charge in [0.15, 0.2) is 0 Å². The average molecular weight is 225 g/mol. The molecule has 1 fully saturated rings. The lowest BCUT2D eigenvalue weighted by molar-refractivity contribution is 0.241. The molecular weight excluding hydrogens is 206 g/mol. The van der Waals surface area contributed by atoms with Crippen molar-refractivity contribution in [1.82, 2.24) is 14.9 Å². The summed E-state index contributed by atoms with van der Waals surface area (Å²) in [7, 11) is 2.05. The average Bonchev–Trinajstić information content (AvgIpc) is 2.60. The third-order valence-corrected chi connectivity index (χ3v) is 4.14. The lowest BCUT2D eigenvalue weighted by Crippen LogP contribution is -2.29. The van der Waals surface area contributed by atoms with Crippen LogP contribution in [0, 0.1) is 5.92 Å². The van der Waals surface area contributed by atoms with Crippen molar-refractivity contribution < 1.29 is 0 Å². The number of nitrogens with one attached hydrogen (secondary N) is 1. The zero-order valence-corrected chi connectivity index (χ0v) is 10.3. The van der Waals surface area contributed by atoms with Crippen LogP contribution in [0.4, 0.5) is 0 Å². The van der Waals surface area contributed by atoms with Crippen LogP contribution >= 0.6 is 11.5 Å². The predicted molar refractivity (Wildman–Crippen MR) is 63.0 cm³/mol. The molecule has 1 aliphatic carbocycles. The Labute approximate surface area is 95.4 Å². The molecule has 15 heavy (non-hydrogen) atoms. The Hall–Kier alpha value is -0.480. The van der Waals surface area contributed by atoms with Gasteiger partial charge in [-0.05, 0) is 43.8 Å². The summed E-state index contributed by atoms with van der Waals surface area (Å²) < 4.78 is 4.10. The number of hydrogen-bond donors (Lipinski definition) is 1. The zero-order chi connectivity index (χ0) is 10.7. The smallest absolute Gasteiger partial charge is 0.0803 e. The molecule has 0 bridgehead atoms. The maximum absolute atomic E-state index is 4.24. The van der Waals surface area contributed by atoms with E-state index in [1.165, 1.54) is 29.8 Å². The Balaban J connectivity index is 2.13. The first-order chi connectivity index (χ1) is 7.36. The van der Waals surface area contributed by atoms with E-state index in [1.807, 2.05) is 0 Å². The van der Waals surface area contributed by atoms with Crippen molar-refractivity contribution in [2.24, 2.45) is 5.92 Å². The van der Waals surface area contributed by atoms with Crippen molar-refractivity contribution in [2.45, 2.75) is 45.1 Å². The maximum atomic E-state index is 4.24. The molecule has 0 aliphatic heterocycles. The van der Waals surface area contributed by atoms with E-state index in [2.05, 4.69) is 28.9 Å². The largest absolute Gasteiger partial charge is 0.312 e. The molecule has 1 aliphatic rings. The molecule has 2 rings (SSSR count). The summed E-state index contributed by atoms with van der Waals surface area (Å²) in [6.07, 6.45) is 6.32. The SMILES string of the molecule is CCCc1nnsc1C(NC)C1CCC1. The second-order valence-electron chi connectivity index (χ2n) is 4.29. The molecular formula is C11H19N3S. The van der Waals surface area contributed by atoms with E-state index >= 15 is 0 Å². The number of nitrogens with zero attached hydrogens (tertiary/aromatic N) is 2. The predicted octanol–water partition coefficient (Wildman–Crippen LogP) is 2.55. The van der Waals surface area contributed by atoms with Gasteiger partial charge in [0.1, 0.15) is 0 Å². The molecule has 1 aromatic heterocycles. The van der Waals surface area contributed by atoms with Crippen LogP contribution in [0.3, 0.4) is 0 Å². The summed E-state index contributed by atoms with van der Waals surface area (Å²) in [6, 6.07) is 0.500. The Bertz CT molecular complexity index is 307. The van der Waals surface area contributed by atoms with E-state index < -0.39 is 0 Å². The van der Waals surface area contributed by atoms with Crippen molar-refractivity contribution in [1.29, 1.82) is 0 Å². The molecule has 0 aromatic carbocycles. The highest BCUT2D eigenvalue weighted by Crippen LogP contribution is 2.39. The zero-order valence-electron chi connectivity index (χ0n) is 9.49. The number of aryl methyl sites for hydroxylation is 1. The van der Waals surface area contributed by atoms with Crippen LogP contribution in [0.1, 0.15) is 49.2 Å². The molecule has 1 saturated carbocycles. The fourth-order valence-corrected chi connectivity index (χ4v) is 3.12. The number of aromatic nitrogens is 2. The molecule has 84 valence electrons. The van der Waals surface area contributed by atoms with Gasteiger partial charge >= 0.3 is 0 Å². The van der Waals surface area contributed by atoms with Crippen molar-refractivity contribution >= 4 is 11.5 Å². The number of hydrogen-bond acceptors (Lipinski definition) is 4. The Morgan fingerprint density at radius 3 is 2.87 bits per heavy atom. The lowest BCUT2D eigenvalue weighted by Gasteiger charge is -2.33. The van der Waals surface area contributed by atoms with E-state index in [0.717, 1.165) is 18.8 Å². The van der Waals surface area contributed by atoms with Gasteiger partial charge < -0.3 is 5.32 Å². The molecule has 1 aromatic rings. The topological polar surface area (TPSA) is 37.8 Å². The van der Waals surface area contributed by atoms with Gasteiger partial charge in [0, 0.05) is 6.04 Å². The van der Waals surface area contributed by atoms with Crippen LogP contribution in [0.25, 0.3) is 0 Å². The molecule has 1 atom stereocenters. The molecule has 1 N–H and O–H groups in total. The van der Waals surface area contributed by atoms with Gasteiger partial charge in [-0.25, -0.2) is 0 Å². The standard InChI is InChI=1S/C11H19N3S/c1-3-5-9-11(15-14-13-9)10(12-2)8-6-4-7-8/h8,10,12H,3-7H2,1-2H3. The molecule has 1 heterocycles. The summed E-state index contributed by atoms with van der Waals surface area (Å²) in [4.78, 5) is 1.38. The summed E-state index contributed by atoms with van der Waals surface area (Å²) >= 11 is 1.58. The monoisotopic (exact) mass is 225 g/mol. The van der Waals surface area contributed by atoms with Gasteiger partial charge in [0.05, 0.1) is 10.6 Å². The van der Waals surface area contributed by atoms with Crippen molar-refractivity contribution in [3.63, 3.8) is 0 Å². The van der Waals surface area contributed by atoms with Crippen molar-refractivity contribution in [3.8, 4) is 0 Å². The second kappa shape index (κ2) is 5.03. The third-order valence-electron chi connectivity index (χ3n) is 3.29. The van der Waals surface area contributed by atoms with Gasteiger partial charge in [0.2, 0.25) is 0 Å². The Morgan fingerprint density at radius 2 is 2.33 bits per heavy atom. The van der Waals surface area contributed by atoms with Crippen LogP contribution in [-0.2, 0) is 6.42 Å². The van der Waals surface area contributed by atoms with E-state index in [9.17, 15) is 0 Å². The summed E-state index contributed by atoms with van der Waals surface area (Å²) in [5.41, 5.74) is 1.22. The van der Waals surface area contributed by atoms with Gasteiger partial charge in [-0.3, -0.25) is 0 Å². The minimum atomic E-state index is 0.500.